The molecule has 0 aliphatic heterocycles. The van der Waals surface area contributed by atoms with Gasteiger partial charge in [0.05, 0.1) is 18.6 Å². The minimum atomic E-state index is -0.830. The monoisotopic (exact) mass is 273 g/mol. The van der Waals surface area contributed by atoms with Crippen LogP contribution in [0.4, 0.5) is 0 Å². The summed E-state index contributed by atoms with van der Waals surface area (Å²) < 4.78 is 0. The molecule has 0 saturated carbocycles. The van der Waals surface area contributed by atoms with E-state index in [4.69, 9.17) is 10.9 Å². The average molecular weight is 273 g/mol. The molecule has 1 heterocycles. The number of aromatic nitrogens is 2. The molecule has 1 aromatic carbocycles. The van der Waals surface area contributed by atoms with Crippen LogP contribution in [0.1, 0.15) is 17.2 Å². The zero-order chi connectivity index (χ0) is 14.4. The molecule has 2 rings (SSSR count). The molecule has 20 heavy (non-hydrogen) atoms. The summed E-state index contributed by atoms with van der Waals surface area (Å²) in [5.74, 6) is -1.33. The van der Waals surface area contributed by atoms with Crippen molar-refractivity contribution in [3.63, 3.8) is 0 Å². The lowest BCUT2D eigenvalue weighted by atomic mass is 9.97. The molecule has 0 bridgehead atoms. The van der Waals surface area contributed by atoms with Gasteiger partial charge >= 0.3 is 0 Å². The van der Waals surface area contributed by atoms with Crippen LogP contribution in [-0.2, 0) is 11.3 Å². The maximum Gasteiger partial charge on any atom is 0.235 e. The molecular formula is C13H15N5O2. The smallest absolute Gasteiger partial charge is 0.235 e. The molecule has 0 aliphatic rings. The van der Waals surface area contributed by atoms with Crippen LogP contribution in [0, 0.1) is 0 Å². The van der Waals surface area contributed by atoms with Gasteiger partial charge in [0.25, 0.3) is 0 Å². The van der Waals surface area contributed by atoms with E-state index in [-0.39, 0.29) is 11.7 Å². The van der Waals surface area contributed by atoms with Gasteiger partial charge in [-0.1, -0.05) is 35.5 Å². The van der Waals surface area contributed by atoms with Crippen molar-refractivity contribution < 1.29 is 10.0 Å². The zero-order valence-corrected chi connectivity index (χ0v) is 10.7. The number of hydrogen-bond donors (Lipinski definition) is 4. The van der Waals surface area contributed by atoms with Crippen molar-refractivity contribution in [1.82, 2.24) is 15.3 Å². The van der Waals surface area contributed by atoms with Crippen LogP contribution in [0.25, 0.3) is 0 Å². The van der Waals surface area contributed by atoms with Gasteiger partial charge < -0.3 is 21.2 Å². The quantitative estimate of drug-likeness (QED) is 0.275. The summed E-state index contributed by atoms with van der Waals surface area (Å²) in [4.78, 5) is 19.0. The van der Waals surface area contributed by atoms with Crippen LogP contribution in [0.15, 0.2) is 48.0 Å². The SMILES string of the molecule is NC(=NO)C(C(=O)NCc1cnc[nH]1)c1ccccc1. The molecule has 0 radical (unpaired) electrons. The van der Waals surface area contributed by atoms with Crippen molar-refractivity contribution in [3.8, 4) is 0 Å². The normalized spacial score (nSPS) is 12.9. The highest BCUT2D eigenvalue weighted by molar-refractivity contribution is 6.07. The number of nitrogens with zero attached hydrogens (tertiary/aromatic N) is 2. The second-order valence-corrected chi connectivity index (χ2v) is 4.16. The molecule has 1 atom stereocenters. The Morgan fingerprint density at radius 1 is 1.45 bits per heavy atom. The third-order valence-electron chi connectivity index (χ3n) is 2.81. The van der Waals surface area contributed by atoms with Crippen molar-refractivity contribution >= 4 is 11.7 Å². The number of H-pyrrole nitrogens is 1. The Morgan fingerprint density at radius 3 is 2.80 bits per heavy atom. The van der Waals surface area contributed by atoms with Crippen LogP contribution in [-0.4, -0.2) is 26.9 Å². The van der Waals surface area contributed by atoms with Gasteiger partial charge in [0.2, 0.25) is 5.91 Å². The number of amides is 1. The van der Waals surface area contributed by atoms with Gasteiger partial charge in [-0.15, -0.1) is 0 Å². The number of carbonyl (C=O) groups is 1. The number of benzene rings is 1. The Bertz CT molecular complexity index is 580. The van der Waals surface area contributed by atoms with Crippen LogP contribution < -0.4 is 11.1 Å². The first kappa shape index (κ1) is 13.6. The van der Waals surface area contributed by atoms with E-state index in [0.29, 0.717) is 12.1 Å². The van der Waals surface area contributed by atoms with Gasteiger partial charge in [0.1, 0.15) is 5.92 Å². The maximum absolute atomic E-state index is 12.2. The summed E-state index contributed by atoms with van der Waals surface area (Å²) in [5.41, 5.74) is 7.04. The molecule has 7 nitrogen and oxygen atoms in total. The fourth-order valence-electron chi connectivity index (χ4n) is 1.83. The summed E-state index contributed by atoms with van der Waals surface area (Å²) in [7, 11) is 0. The van der Waals surface area contributed by atoms with Gasteiger partial charge in [-0.3, -0.25) is 4.79 Å². The number of rotatable bonds is 5. The van der Waals surface area contributed by atoms with E-state index in [1.54, 1.807) is 30.5 Å². The number of oxime groups is 1. The Labute approximate surface area is 115 Å². The Morgan fingerprint density at radius 2 is 2.20 bits per heavy atom. The predicted octanol–water partition coefficient (Wildman–Crippen LogP) is 0.556. The Hall–Kier alpha value is -2.83. The van der Waals surface area contributed by atoms with E-state index in [9.17, 15) is 4.79 Å². The molecule has 104 valence electrons. The summed E-state index contributed by atoms with van der Waals surface area (Å²) in [6.45, 7) is 0.293. The van der Waals surface area contributed by atoms with Crippen molar-refractivity contribution in [2.45, 2.75) is 12.5 Å². The fraction of sp³-hybridized carbons (Fsp3) is 0.154. The predicted molar refractivity (Wildman–Crippen MR) is 73.0 cm³/mol. The fourth-order valence-corrected chi connectivity index (χ4v) is 1.83. The van der Waals surface area contributed by atoms with Crippen LogP contribution in [0.5, 0.6) is 0 Å². The maximum atomic E-state index is 12.2. The van der Waals surface area contributed by atoms with Crippen LogP contribution >= 0.6 is 0 Å². The molecule has 0 saturated heterocycles. The number of hydrogen-bond acceptors (Lipinski definition) is 4. The van der Waals surface area contributed by atoms with Gasteiger partial charge in [-0.2, -0.15) is 0 Å². The van der Waals surface area contributed by atoms with Gasteiger partial charge in [-0.25, -0.2) is 4.98 Å². The average Bonchev–Trinajstić information content (AvgIpc) is 2.99. The topological polar surface area (TPSA) is 116 Å². The van der Waals surface area contributed by atoms with Crippen LogP contribution in [0.2, 0.25) is 0 Å². The van der Waals surface area contributed by atoms with Crippen molar-refractivity contribution in [3.05, 3.63) is 54.1 Å². The molecule has 5 N–H and O–H groups in total. The second kappa shape index (κ2) is 6.37. The summed E-state index contributed by atoms with van der Waals surface area (Å²) in [6, 6.07) is 8.90. The number of amidine groups is 1. The third kappa shape index (κ3) is 3.14. The summed E-state index contributed by atoms with van der Waals surface area (Å²) in [5, 5.41) is 14.5. The number of nitrogens with one attached hydrogen (secondary N) is 2. The number of imidazole rings is 1. The highest BCUT2D eigenvalue weighted by atomic mass is 16.4. The highest BCUT2D eigenvalue weighted by Gasteiger charge is 2.24. The largest absolute Gasteiger partial charge is 0.409 e. The number of carbonyl (C=O) groups excluding carboxylic acids is 1. The number of aromatic amines is 1. The van der Waals surface area contributed by atoms with E-state index in [0.717, 1.165) is 5.69 Å². The van der Waals surface area contributed by atoms with E-state index in [2.05, 4.69) is 20.4 Å². The van der Waals surface area contributed by atoms with Crippen molar-refractivity contribution in [1.29, 1.82) is 0 Å². The molecule has 2 aromatic rings. The second-order valence-electron chi connectivity index (χ2n) is 4.16. The first-order valence-electron chi connectivity index (χ1n) is 5.99. The van der Waals surface area contributed by atoms with E-state index >= 15 is 0 Å². The standard InChI is InChI=1S/C13H15N5O2/c14-12(18-20)11(9-4-2-1-3-5-9)13(19)16-7-10-6-15-8-17-10/h1-6,8,11,20H,7H2,(H2,14,18)(H,15,17)(H,16,19). The molecule has 0 spiro atoms. The van der Waals surface area contributed by atoms with E-state index in [1.807, 2.05) is 6.07 Å². The molecule has 7 heteroatoms. The molecular weight excluding hydrogens is 258 g/mol. The summed E-state index contributed by atoms with van der Waals surface area (Å²) >= 11 is 0. The first-order chi connectivity index (χ1) is 9.72. The van der Waals surface area contributed by atoms with E-state index in [1.165, 1.54) is 6.33 Å². The lowest BCUT2D eigenvalue weighted by Gasteiger charge is -2.15. The summed E-state index contributed by atoms with van der Waals surface area (Å²) in [6.07, 6.45) is 3.14. The van der Waals surface area contributed by atoms with Crippen molar-refractivity contribution in [2.24, 2.45) is 10.9 Å². The van der Waals surface area contributed by atoms with Gasteiger partial charge in [0.15, 0.2) is 5.84 Å². The lowest BCUT2D eigenvalue weighted by molar-refractivity contribution is -0.121. The number of nitrogens with two attached hydrogens (primary N) is 1. The van der Waals surface area contributed by atoms with E-state index < -0.39 is 5.92 Å². The molecule has 0 fully saturated rings. The minimum absolute atomic E-state index is 0.154. The Kier molecular flexibility index (Phi) is 4.33. The minimum Gasteiger partial charge on any atom is -0.409 e. The van der Waals surface area contributed by atoms with Crippen LogP contribution in [0.3, 0.4) is 0 Å². The first-order valence-corrected chi connectivity index (χ1v) is 5.99. The Balaban J connectivity index is 2.13. The highest BCUT2D eigenvalue weighted by Crippen LogP contribution is 2.16. The molecule has 1 amide bonds. The zero-order valence-electron chi connectivity index (χ0n) is 10.7. The molecule has 1 aromatic heterocycles. The molecule has 1 unspecified atom stereocenters. The van der Waals surface area contributed by atoms with Gasteiger partial charge in [-0.05, 0) is 5.56 Å². The molecule has 0 aliphatic carbocycles. The third-order valence-corrected chi connectivity index (χ3v) is 2.81. The van der Waals surface area contributed by atoms with Crippen molar-refractivity contribution in [2.75, 3.05) is 0 Å². The lowest BCUT2D eigenvalue weighted by Crippen LogP contribution is -2.37. The van der Waals surface area contributed by atoms with Gasteiger partial charge in [0, 0.05) is 6.20 Å².